The van der Waals surface area contributed by atoms with Crippen LogP contribution in [0.15, 0.2) is 27.8 Å². The standard InChI is InChI=1S/C16H21N3O5S/c1-10(14(20)17-5-6-21-2)25-16-19-18-15(24-16)11-7-12(22-3)9-13(8-11)23-4/h7-10H,5-6H2,1-4H3,(H,17,20)/t10-/m0/s1. The fourth-order valence-electron chi connectivity index (χ4n) is 1.93. The van der Waals surface area contributed by atoms with Crippen LogP contribution in [0.3, 0.4) is 0 Å². The van der Waals surface area contributed by atoms with Crippen molar-refractivity contribution < 1.29 is 23.4 Å². The first-order valence-electron chi connectivity index (χ1n) is 7.57. The summed E-state index contributed by atoms with van der Waals surface area (Å²) in [5.74, 6) is 1.44. The molecule has 8 nitrogen and oxygen atoms in total. The number of methoxy groups -OCH3 is 3. The highest BCUT2D eigenvalue weighted by atomic mass is 32.2. The van der Waals surface area contributed by atoms with Gasteiger partial charge in [0.05, 0.1) is 26.1 Å². The molecule has 0 bridgehead atoms. The molecule has 0 spiro atoms. The van der Waals surface area contributed by atoms with Gasteiger partial charge in [0.1, 0.15) is 11.5 Å². The summed E-state index contributed by atoms with van der Waals surface area (Å²) in [5.41, 5.74) is 0.674. The topological polar surface area (TPSA) is 95.7 Å². The minimum absolute atomic E-state index is 0.121. The lowest BCUT2D eigenvalue weighted by Gasteiger charge is -2.09. The minimum atomic E-state index is -0.370. The number of benzene rings is 1. The lowest BCUT2D eigenvalue weighted by atomic mass is 10.2. The number of carbonyl (C=O) groups excluding carboxylic acids is 1. The number of thioether (sulfide) groups is 1. The Hall–Kier alpha value is -2.26. The van der Waals surface area contributed by atoms with Gasteiger partial charge < -0.3 is 23.9 Å². The molecule has 1 amide bonds. The van der Waals surface area contributed by atoms with Gasteiger partial charge in [-0.2, -0.15) is 0 Å². The summed E-state index contributed by atoms with van der Waals surface area (Å²) in [6, 6.07) is 5.29. The van der Waals surface area contributed by atoms with Crippen molar-refractivity contribution >= 4 is 17.7 Å². The van der Waals surface area contributed by atoms with Gasteiger partial charge in [-0.1, -0.05) is 11.8 Å². The average molecular weight is 367 g/mol. The van der Waals surface area contributed by atoms with E-state index in [0.717, 1.165) is 0 Å². The molecule has 0 saturated heterocycles. The predicted molar refractivity (Wildman–Crippen MR) is 93.0 cm³/mol. The molecule has 2 aromatic rings. The third kappa shape index (κ3) is 5.36. The zero-order valence-corrected chi connectivity index (χ0v) is 15.4. The summed E-state index contributed by atoms with van der Waals surface area (Å²) in [4.78, 5) is 12.0. The van der Waals surface area contributed by atoms with Gasteiger partial charge in [-0.15, -0.1) is 10.2 Å². The highest BCUT2D eigenvalue weighted by molar-refractivity contribution is 8.00. The molecule has 0 radical (unpaired) electrons. The molecule has 1 atom stereocenters. The van der Waals surface area contributed by atoms with Crippen molar-refractivity contribution in [3.05, 3.63) is 18.2 Å². The van der Waals surface area contributed by atoms with E-state index in [0.29, 0.717) is 41.3 Å². The SMILES string of the molecule is COCCNC(=O)[C@H](C)Sc1nnc(-c2cc(OC)cc(OC)c2)o1. The Morgan fingerprint density at radius 2 is 1.88 bits per heavy atom. The Kier molecular flexibility index (Phi) is 7.08. The van der Waals surface area contributed by atoms with Crippen molar-refractivity contribution in [2.24, 2.45) is 0 Å². The molecule has 0 aliphatic rings. The first-order valence-corrected chi connectivity index (χ1v) is 8.45. The van der Waals surface area contributed by atoms with E-state index < -0.39 is 0 Å². The molecule has 0 fully saturated rings. The Morgan fingerprint density at radius 3 is 2.48 bits per heavy atom. The number of amides is 1. The number of hydrogen-bond donors (Lipinski definition) is 1. The van der Waals surface area contributed by atoms with Gasteiger partial charge >= 0.3 is 0 Å². The zero-order valence-electron chi connectivity index (χ0n) is 14.6. The molecule has 9 heteroatoms. The number of rotatable bonds is 9. The molecule has 0 unspecified atom stereocenters. The van der Waals surface area contributed by atoms with E-state index in [9.17, 15) is 4.79 Å². The van der Waals surface area contributed by atoms with Crippen LogP contribution in [0.4, 0.5) is 0 Å². The van der Waals surface area contributed by atoms with E-state index in [1.807, 2.05) is 0 Å². The molecule has 1 aromatic carbocycles. The number of nitrogens with one attached hydrogen (secondary N) is 1. The van der Waals surface area contributed by atoms with Gasteiger partial charge in [0.2, 0.25) is 11.8 Å². The van der Waals surface area contributed by atoms with Gasteiger partial charge in [0.25, 0.3) is 5.22 Å². The Bertz CT molecular complexity index is 685. The van der Waals surface area contributed by atoms with E-state index in [4.69, 9.17) is 18.6 Å². The summed E-state index contributed by atoms with van der Waals surface area (Å²) in [6.45, 7) is 2.69. The lowest BCUT2D eigenvalue weighted by molar-refractivity contribution is -0.120. The fourth-order valence-corrected chi connectivity index (χ4v) is 2.64. The summed E-state index contributed by atoms with van der Waals surface area (Å²) >= 11 is 1.19. The van der Waals surface area contributed by atoms with E-state index in [-0.39, 0.29) is 11.2 Å². The van der Waals surface area contributed by atoms with Crippen molar-refractivity contribution in [1.29, 1.82) is 0 Å². The summed E-state index contributed by atoms with van der Waals surface area (Å²) < 4.78 is 21.0. The third-order valence-corrected chi connectivity index (χ3v) is 4.19. The second-order valence-electron chi connectivity index (χ2n) is 5.02. The van der Waals surface area contributed by atoms with Crippen molar-refractivity contribution in [2.75, 3.05) is 34.5 Å². The van der Waals surface area contributed by atoms with Crippen LogP contribution in [0, 0.1) is 0 Å². The van der Waals surface area contributed by atoms with Gasteiger partial charge in [-0.3, -0.25) is 4.79 Å². The molecule has 1 N–H and O–H groups in total. The van der Waals surface area contributed by atoms with Crippen LogP contribution in [0.1, 0.15) is 6.92 Å². The number of nitrogens with zero attached hydrogens (tertiary/aromatic N) is 2. The maximum atomic E-state index is 12.0. The molecule has 1 heterocycles. The molecule has 25 heavy (non-hydrogen) atoms. The Balaban J connectivity index is 2.06. The van der Waals surface area contributed by atoms with Gasteiger partial charge in [-0.05, 0) is 19.1 Å². The zero-order chi connectivity index (χ0) is 18.2. The van der Waals surface area contributed by atoms with Crippen LogP contribution >= 0.6 is 11.8 Å². The van der Waals surface area contributed by atoms with Crippen LogP contribution in [-0.2, 0) is 9.53 Å². The maximum Gasteiger partial charge on any atom is 0.277 e. The first-order chi connectivity index (χ1) is 12.1. The minimum Gasteiger partial charge on any atom is -0.497 e. The average Bonchev–Trinajstić information content (AvgIpc) is 3.09. The molecular formula is C16H21N3O5S. The number of ether oxygens (including phenoxy) is 3. The molecule has 136 valence electrons. The van der Waals surface area contributed by atoms with Crippen molar-refractivity contribution in [3.63, 3.8) is 0 Å². The first kappa shape index (κ1) is 19.1. The second-order valence-corrected chi connectivity index (χ2v) is 6.31. The highest BCUT2D eigenvalue weighted by Crippen LogP contribution is 2.31. The third-order valence-electron chi connectivity index (χ3n) is 3.26. The van der Waals surface area contributed by atoms with Gasteiger partial charge in [0, 0.05) is 25.3 Å². The van der Waals surface area contributed by atoms with Gasteiger partial charge in [0.15, 0.2) is 0 Å². The van der Waals surface area contributed by atoms with Crippen LogP contribution in [0.5, 0.6) is 11.5 Å². The molecule has 0 aliphatic heterocycles. The maximum absolute atomic E-state index is 12.0. The summed E-state index contributed by atoms with van der Waals surface area (Å²) in [6.07, 6.45) is 0. The van der Waals surface area contributed by atoms with E-state index >= 15 is 0 Å². The van der Waals surface area contributed by atoms with E-state index in [1.165, 1.54) is 11.8 Å². The molecule has 2 rings (SSSR count). The van der Waals surface area contributed by atoms with E-state index in [1.54, 1.807) is 46.5 Å². The quantitative estimate of drug-likeness (QED) is 0.531. The van der Waals surface area contributed by atoms with Crippen LogP contribution in [-0.4, -0.2) is 55.8 Å². The van der Waals surface area contributed by atoms with E-state index in [2.05, 4.69) is 15.5 Å². The van der Waals surface area contributed by atoms with Crippen molar-refractivity contribution in [3.8, 4) is 23.0 Å². The molecule has 0 saturated carbocycles. The summed E-state index contributed by atoms with van der Waals surface area (Å²) in [5, 5.41) is 10.7. The Labute approximate surface area is 150 Å². The number of hydrogen-bond acceptors (Lipinski definition) is 8. The molecule has 0 aliphatic carbocycles. The summed E-state index contributed by atoms with van der Waals surface area (Å²) in [7, 11) is 4.72. The Morgan fingerprint density at radius 1 is 1.20 bits per heavy atom. The van der Waals surface area contributed by atoms with Crippen LogP contribution < -0.4 is 14.8 Å². The molecular weight excluding hydrogens is 346 g/mol. The largest absolute Gasteiger partial charge is 0.497 e. The predicted octanol–water partition coefficient (Wildman–Crippen LogP) is 2.00. The normalized spacial score (nSPS) is 11.8. The smallest absolute Gasteiger partial charge is 0.277 e. The number of aromatic nitrogens is 2. The van der Waals surface area contributed by atoms with Gasteiger partial charge in [-0.25, -0.2) is 0 Å². The highest BCUT2D eigenvalue weighted by Gasteiger charge is 2.19. The lowest BCUT2D eigenvalue weighted by Crippen LogP contribution is -2.33. The fraction of sp³-hybridized carbons (Fsp3) is 0.438. The second kappa shape index (κ2) is 9.28. The monoisotopic (exact) mass is 367 g/mol. The number of carbonyl (C=O) groups is 1. The van der Waals surface area contributed by atoms with Crippen molar-refractivity contribution in [1.82, 2.24) is 15.5 Å². The van der Waals surface area contributed by atoms with Crippen LogP contribution in [0.2, 0.25) is 0 Å². The molecule has 1 aromatic heterocycles. The van der Waals surface area contributed by atoms with Crippen molar-refractivity contribution in [2.45, 2.75) is 17.4 Å². The van der Waals surface area contributed by atoms with Crippen LogP contribution in [0.25, 0.3) is 11.5 Å².